The van der Waals surface area contributed by atoms with Crippen molar-refractivity contribution in [2.45, 2.75) is 38.5 Å². The van der Waals surface area contributed by atoms with Crippen LogP contribution in [0.3, 0.4) is 0 Å². The second-order valence-electron chi connectivity index (χ2n) is 3.71. The molecule has 0 radical (unpaired) electrons. The van der Waals surface area contributed by atoms with Crippen LogP contribution in [0.15, 0.2) is 0 Å². The van der Waals surface area contributed by atoms with Gasteiger partial charge in [0, 0.05) is 13.4 Å². The molecule has 0 amide bonds. The summed E-state index contributed by atoms with van der Waals surface area (Å²) in [5.41, 5.74) is 0. The second-order valence-corrected chi connectivity index (χ2v) is 10.1. The minimum Gasteiger partial charge on any atom is -0.0928 e. The summed E-state index contributed by atoms with van der Waals surface area (Å²) in [5, 5.41) is 1.18. The lowest BCUT2D eigenvalue weighted by molar-refractivity contribution is 0.883. The summed E-state index contributed by atoms with van der Waals surface area (Å²) < 4.78 is 0. The molecule has 0 unspecified atom stereocenters. The highest BCUT2D eigenvalue weighted by molar-refractivity contribution is 9.09. The summed E-state index contributed by atoms with van der Waals surface area (Å²) in [6.07, 6.45) is 2.77. The fourth-order valence-electron chi connectivity index (χ4n) is 0.750. The van der Waals surface area contributed by atoms with E-state index in [4.69, 9.17) is 0 Å². The van der Waals surface area contributed by atoms with Gasteiger partial charge in [-0.05, 0) is 6.42 Å². The number of rotatable bonds is 4. The van der Waals surface area contributed by atoms with E-state index >= 15 is 0 Å². The molecule has 0 aliphatic heterocycles. The van der Waals surface area contributed by atoms with Crippen molar-refractivity contribution in [1.82, 2.24) is 0 Å². The lowest BCUT2D eigenvalue weighted by Crippen LogP contribution is -2.18. The Morgan fingerprint density at radius 1 is 1.11 bits per heavy atom. The smallest absolute Gasteiger partial charge is 0.0442 e. The van der Waals surface area contributed by atoms with Crippen LogP contribution in [0.1, 0.15) is 12.8 Å². The first-order chi connectivity index (χ1) is 4.06. The number of hydrogen-bond acceptors (Lipinski definition) is 0. The molecule has 0 fully saturated rings. The zero-order valence-corrected chi connectivity index (χ0v) is 9.29. The Hall–Kier alpha value is 0.697. The third-order valence-electron chi connectivity index (χ3n) is 1.31. The first kappa shape index (κ1) is 9.70. The van der Waals surface area contributed by atoms with Gasteiger partial charge in [-0.15, -0.1) is 0 Å². The predicted octanol–water partition coefficient (Wildman–Crippen LogP) is 3.50. The van der Waals surface area contributed by atoms with Gasteiger partial charge in [0.1, 0.15) is 0 Å². The zero-order chi connectivity index (χ0) is 7.33. The van der Waals surface area contributed by atoms with Crippen molar-refractivity contribution in [3.63, 3.8) is 0 Å². The van der Waals surface area contributed by atoms with Crippen LogP contribution in [0, 0.1) is 0 Å². The Bertz CT molecular complexity index is 65.8. The van der Waals surface area contributed by atoms with Crippen molar-refractivity contribution >= 4 is 24.0 Å². The SMILES string of the molecule is C[Si](C)(C)CCCCBr. The molecule has 0 saturated heterocycles. The second kappa shape index (κ2) is 4.50. The van der Waals surface area contributed by atoms with Gasteiger partial charge < -0.3 is 0 Å². The van der Waals surface area contributed by atoms with E-state index in [1.807, 2.05) is 0 Å². The summed E-state index contributed by atoms with van der Waals surface area (Å²) in [6.45, 7) is 7.30. The first-order valence-corrected chi connectivity index (χ1v) is 8.45. The molecule has 0 aromatic heterocycles. The average Bonchev–Trinajstić information content (AvgIpc) is 1.63. The Balaban J connectivity index is 3.07. The fraction of sp³-hybridized carbons (Fsp3) is 1.00. The summed E-state index contributed by atoms with van der Waals surface area (Å²) in [4.78, 5) is 0. The minimum absolute atomic E-state index is 0.715. The van der Waals surface area contributed by atoms with E-state index in [-0.39, 0.29) is 0 Å². The van der Waals surface area contributed by atoms with E-state index in [2.05, 4.69) is 35.6 Å². The van der Waals surface area contributed by atoms with E-state index in [1.54, 1.807) is 0 Å². The van der Waals surface area contributed by atoms with Crippen LogP contribution in [-0.4, -0.2) is 13.4 Å². The summed E-state index contributed by atoms with van der Waals surface area (Å²) >= 11 is 3.43. The van der Waals surface area contributed by atoms with E-state index in [0.29, 0.717) is 0 Å². The van der Waals surface area contributed by atoms with Crippen LogP contribution in [0.4, 0.5) is 0 Å². The Morgan fingerprint density at radius 2 is 1.67 bits per heavy atom. The Kier molecular flexibility index (Phi) is 4.85. The van der Waals surface area contributed by atoms with E-state index in [1.165, 1.54) is 24.2 Å². The highest BCUT2D eigenvalue weighted by Crippen LogP contribution is 2.12. The van der Waals surface area contributed by atoms with Gasteiger partial charge in [0.25, 0.3) is 0 Å². The van der Waals surface area contributed by atoms with Crippen LogP contribution >= 0.6 is 15.9 Å². The highest BCUT2D eigenvalue weighted by atomic mass is 79.9. The average molecular weight is 209 g/mol. The standard InChI is InChI=1S/C7H17BrSi/c1-9(2,3)7-5-4-6-8/h4-7H2,1-3H3. The predicted molar refractivity (Wildman–Crippen MR) is 51.2 cm³/mol. The number of unbranched alkanes of at least 4 members (excludes halogenated alkanes) is 1. The summed E-state index contributed by atoms with van der Waals surface area (Å²) in [7, 11) is -0.715. The molecule has 0 spiro atoms. The number of alkyl halides is 1. The molecule has 0 aromatic carbocycles. The summed E-state index contributed by atoms with van der Waals surface area (Å²) in [6, 6.07) is 1.48. The minimum atomic E-state index is -0.715. The molecule has 2 heteroatoms. The normalized spacial score (nSPS) is 12.0. The van der Waals surface area contributed by atoms with Crippen molar-refractivity contribution in [2.24, 2.45) is 0 Å². The molecule has 0 saturated carbocycles. The van der Waals surface area contributed by atoms with Gasteiger partial charge in [-0.2, -0.15) is 0 Å². The highest BCUT2D eigenvalue weighted by Gasteiger charge is 2.10. The first-order valence-electron chi connectivity index (χ1n) is 3.62. The molecular weight excluding hydrogens is 192 g/mol. The van der Waals surface area contributed by atoms with Gasteiger partial charge in [0.05, 0.1) is 0 Å². The zero-order valence-electron chi connectivity index (χ0n) is 6.71. The lowest BCUT2D eigenvalue weighted by Gasteiger charge is -2.14. The molecule has 0 bridgehead atoms. The fourth-order valence-corrected chi connectivity index (χ4v) is 2.46. The third kappa shape index (κ3) is 8.70. The largest absolute Gasteiger partial charge is 0.0928 e. The van der Waals surface area contributed by atoms with Gasteiger partial charge in [0.2, 0.25) is 0 Å². The molecule has 0 aromatic rings. The van der Waals surface area contributed by atoms with Gasteiger partial charge in [-0.1, -0.05) is 48.0 Å². The molecule has 0 aliphatic carbocycles. The van der Waals surface area contributed by atoms with Gasteiger partial charge >= 0.3 is 0 Å². The molecule has 0 aliphatic rings. The topological polar surface area (TPSA) is 0 Å². The van der Waals surface area contributed by atoms with Crippen molar-refractivity contribution in [3.8, 4) is 0 Å². The van der Waals surface area contributed by atoms with Crippen molar-refractivity contribution in [1.29, 1.82) is 0 Å². The number of halogens is 1. The van der Waals surface area contributed by atoms with Crippen molar-refractivity contribution in [2.75, 3.05) is 5.33 Å². The maximum absolute atomic E-state index is 3.43. The molecular formula is C7H17BrSi. The molecule has 0 N–H and O–H groups in total. The van der Waals surface area contributed by atoms with Crippen LogP contribution in [-0.2, 0) is 0 Å². The van der Waals surface area contributed by atoms with Crippen LogP contribution in [0.25, 0.3) is 0 Å². The van der Waals surface area contributed by atoms with Gasteiger partial charge in [-0.25, -0.2) is 0 Å². The summed E-state index contributed by atoms with van der Waals surface area (Å²) in [5.74, 6) is 0. The molecule has 0 atom stereocenters. The Morgan fingerprint density at radius 3 is 2.00 bits per heavy atom. The monoisotopic (exact) mass is 208 g/mol. The molecule has 0 nitrogen and oxygen atoms in total. The molecule has 56 valence electrons. The maximum atomic E-state index is 3.43. The quantitative estimate of drug-likeness (QED) is 0.377. The van der Waals surface area contributed by atoms with Crippen molar-refractivity contribution in [3.05, 3.63) is 0 Å². The third-order valence-corrected chi connectivity index (χ3v) is 3.72. The molecule has 0 heterocycles. The van der Waals surface area contributed by atoms with Crippen LogP contribution in [0.5, 0.6) is 0 Å². The van der Waals surface area contributed by atoms with Crippen molar-refractivity contribution < 1.29 is 0 Å². The van der Waals surface area contributed by atoms with Gasteiger partial charge in [-0.3, -0.25) is 0 Å². The lowest BCUT2D eigenvalue weighted by atomic mass is 10.4. The van der Waals surface area contributed by atoms with Crippen LogP contribution in [0.2, 0.25) is 25.7 Å². The van der Waals surface area contributed by atoms with E-state index < -0.39 is 8.07 Å². The van der Waals surface area contributed by atoms with Crippen LogP contribution < -0.4 is 0 Å². The molecule has 0 rings (SSSR count). The van der Waals surface area contributed by atoms with E-state index in [9.17, 15) is 0 Å². The Labute approximate surface area is 68.2 Å². The van der Waals surface area contributed by atoms with Gasteiger partial charge in [0.15, 0.2) is 0 Å². The molecule has 9 heavy (non-hydrogen) atoms. The maximum Gasteiger partial charge on any atom is 0.0442 e. The number of hydrogen-bond donors (Lipinski definition) is 0. The van der Waals surface area contributed by atoms with E-state index in [0.717, 1.165) is 0 Å².